The highest BCUT2D eigenvalue weighted by molar-refractivity contribution is 14.1. The Kier molecular flexibility index (Phi) is 5.26. The van der Waals surface area contributed by atoms with Crippen LogP contribution in [0.15, 0.2) is 18.2 Å². The SMILES string of the molecule is CCN1CCC(N(C)C(=O)c2ccc(I)c(O)c2)CC1. The van der Waals surface area contributed by atoms with Crippen LogP contribution in [0.1, 0.15) is 30.1 Å². The first-order valence-electron chi connectivity index (χ1n) is 7.01. The number of hydrogen-bond donors (Lipinski definition) is 1. The summed E-state index contributed by atoms with van der Waals surface area (Å²) < 4.78 is 0.762. The highest BCUT2D eigenvalue weighted by Gasteiger charge is 2.25. The molecule has 1 aromatic carbocycles. The van der Waals surface area contributed by atoms with Crippen molar-refractivity contribution in [3.8, 4) is 5.75 Å². The summed E-state index contributed by atoms with van der Waals surface area (Å²) in [4.78, 5) is 16.7. The van der Waals surface area contributed by atoms with Crippen molar-refractivity contribution in [2.75, 3.05) is 26.7 Å². The van der Waals surface area contributed by atoms with Crippen LogP contribution in [-0.2, 0) is 0 Å². The van der Waals surface area contributed by atoms with Gasteiger partial charge >= 0.3 is 0 Å². The minimum absolute atomic E-state index is 0.00773. The van der Waals surface area contributed by atoms with Crippen molar-refractivity contribution in [2.45, 2.75) is 25.8 Å². The van der Waals surface area contributed by atoms with Crippen LogP contribution >= 0.6 is 22.6 Å². The van der Waals surface area contributed by atoms with Crippen LogP contribution < -0.4 is 0 Å². The Morgan fingerprint density at radius 1 is 1.45 bits per heavy atom. The summed E-state index contributed by atoms with van der Waals surface area (Å²) in [6, 6.07) is 5.41. The van der Waals surface area contributed by atoms with Gasteiger partial charge in [-0.25, -0.2) is 0 Å². The van der Waals surface area contributed by atoms with Gasteiger partial charge in [-0.1, -0.05) is 6.92 Å². The number of carbonyl (C=O) groups is 1. The topological polar surface area (TPSA) is 43.8 Å². The van der Waals surface area contributed by atoms with Crippen molar-refractivity contribution < 1.29 is 9.90 Å². The summed E-state index contributed by atoms with van der Waals surface area (Å²) in [6.45, 7) is 5.35. The second-order valence-corrected chi connectivity index (χ2v) is 6.41. The summed E-state index contributed by atoms with van der Waals surface area (Å²) in [5, 5.41) is 9.72. The maximum Gasteiger partial charge on any atom is 0.253 e. The molecular formula is C15H21IN2O2. The second kappa shape index (κ2) is 6.76. The number of hydrogen-bond acceptors (Lipinski definition) is 3. The van der Waals surface area contributed by atoms with Crippen LogP contribution in [-0.4, -0.2) is 53.5 Å². The van der Waals surface area contributed by atoms with E-state index in [2.05, 4.69) is 34.4 Å². The average Bonchev–Trinajstić information content (AvgIpc) is 2.48. The zero-order valence-electron chi connectivity index (χ0n) is 12.0. The molecule has 0 radical (unpaired) electrons. The van der Waals surface area contributed by atoms with E-state index in [-0.39, 0.29) is 11.7 Å². The Morgan fingerprint density at radius 2 is 2.10 bits per heavy atom. The van der Waals surface area contributed by atoms with E-state index in [1.54, 1.807) is 18.2 Å². The molecule has 1 amide bonds. The van der Waals surface area contributed by atoms with Gasteiger partial charge in [0.25, 0.3) is 5.91 Å². The zero-order valence-corrected chi connectivity index (χ0v) is 14.1. The molecule has 1 saturated heterocycles. The maximum atomic E-state index is 12.5. The van der Waals surface area contributed by atoms with Crippen molar-refractivity contribution in [1.29, 1.82) is 0 Å². The predicted octanol–water partition coefficient (Wildman–Crippen LogP) is 2.55. The van der Waals surface area contributed by atoms with Crippen LogP contribution in [0, 0.1) is 3.57 Å². The van der Waals surface area contributed by atoms with Crippen LogP contribution in [0.2, 0.25) is 0 Å². The molecule has 1 fully saturated rings. The van der Waals surface area contributed by atoms with Crippen LogP contribution in [0.3, 0.4) is 0 Å². The Balaban J connectivity index is 2.03. The average molecular weight is 388 g/mol. The number of carbonyl (C=O) groups excluding carboxylic acids is 1. The molecule has 0 unspecified atom stereocenters. The van der Waals surface area contributed by atoms with E-state index in [9.17, 15) is 9.90 Å². The first-order valence-corrected chi connectivity index (χ1v) is 8.08. The van der Waals surface area contributed by atoms with E-state index in [1.807, 2.05) is 11.9 Å². The van der Waals surface area contributed by atoms with Crippen LogP contribution in [0.25, 0.3) is 0 Å². The van der Waals surface area contributed by atoms with Crippen molar-refractivity contribution in [1.82, 2.24) is 9.80 Å². The fourth-order valence-electron chi connectivity index (χ4n) is 2.64. The van der Waals surface area contributed by atoms with Gasteiger partial charge in [-0.15, -0.1) is 0 Å². The molecule has 1 aliphatic rings. The number of phenols is 1. The van der Waals surface area contributed by atoms with Crippen molar-refractivity contribution in [3.63, 3.8) is 0 Å². The number of rotatable bonds is 3. The number of aromatic hydroxyl groups is 1. The minimum atomic E-state index is -0.00773. The van der Waals surface area contributed by atoms with Crippen LogP contribution in [0.5, 0.6) is 5.75 Å². The lowest BCUT2D eigenvalue weighted by Crippen LogP contribution is -2.45. The lowest BCUT2D eigenvalue weighted by atomic mass is 10.0. The van der Waals surface area contributed by atoms with Crippen molar-refractivity contribution in [3.05, 3.63) is 27.3 Å². The molecule has 1 N–H and O–H groups in total. The molecule has 0 saturated carbocycles. The van der Waals surface area contributed by atoms with Gasteiger partial charge in [-0.3, -0.25) is 4.79 Å². The quantitative estimate of drug-likeness (QED) is 0.810. The van der Waals surface area contributed by atoms with E-state index in [0.717, 1.165) is 36.0 Å². The fourth-order valence-corrected chi connectivity index (χ4v) is 2.97. The van der Waals surface area contributed by atoms with Crippen molar-refractivity contribution in [2.24, 2.45) is 0 Å². The Labute approximate surface area is 133 Å². The fraction of sp³-hybridized carbons (Fsp3) is 0.533. The number of benzene rings is 1. The third-order valence-corrected chi connectivity index (χ3v) is 4.98. The molecule has 20 heavy (non-hydrogen) atoms. The first kappa shape index (κ1) is 15.6. The van der Waals surface area contributed by atoms with Crippen LogP contribution in [0.4, 0.5) is 0 Å². The van der Waals surface area contributed by atoms with Gasteiger partial charge in [0.1, 0.15) is 5.75 Å². The number of halogens is 1. The number of phenolic OH excluding ortho intramolecular Hbond substituents is 1. The molecule has 0 bridgehead atoms. The van der Waals surface area contributed by atoms with E-state index < -0.39 is 0 Å². The second-order valence-electron chi connectivity index (χ2n) is 5.25. The molecular weight excluding hydrogens is 367 g/mol. The van der Waals surface area contributed by atoms with Crippen molar-refractivity contribution >= 4 is 28.5 Å². The Hall–Kier alpha value is -0.820. The third-order valence-electron chi connectivity index (χ3n) is 4.07. The van der Waals surface area contributed by atoms with Gasteiger partial charge in [0.2, 0.25) is 0 Å². The molecule has 1 aliphatic heterocycles. The molecule has 0 spiro atoms. The standard InChI is InChI=1S/C15H21IN2O2/c1-3-18-8-6-12(7-9-18)17(2)15(20)11-4-5-13(16)14(19)10-11/h4-5,10,12,19H,3,6-9H2,1-2H3. The summed E-state index contributed by atoms with van der Waals surface area (Å²) >= 11 is 2.05. The monoisotopic (exact) mass is 388 g/mol. The maximum absolute atomic E-state index is 12.5. The highest BCUT2D eigenvalue weighted by atomic mass is 127. The smallest absolute Gasteiger partial charge is 0.253 e. The van der Waals surface area contributed by atoms with Gasteiger partial charge in [0.15, 0.2) is 0 Å². The molecule has 0 aliphatic carbocycles. The van der Waals surface area contributed by atoms with Gasteiger partial charge in [0, 0.05) is 31.7 Å². The van der Waals surface area contributed by atoms with E-state index in [1.165, 1.54) is 0 Å². The van der Waals surface area contributed by atoms with Gasteiger partial charge in [0.05, 0.1) is 3.57 Å². The molecule has 0 aromatic heterocycles. The zero-order chi connectivity index (χ0) is 14.7. The van der Waals surface area contributed by atoms with E-state index in [0.29, 0.717) is 11.6 Å². The third kappa shape index (κ3) is 3.44. The first-order chi connectivity index (χ1) is 9.52. The molecule has 110 valence electrons. The van der Waals surface area contributed by atoms with Gasteiger partial charge in [-0.05, 0) is 60.2 Å². The largest absolute Gasteiger partial charge is 0.507 e. The Morgan fingerprint density at radius 3 is 2.65 bits per heavy atom. The molecule has 1 aromatic rings. The number of amides is 1. The van der Waals surface area contributed by atoms with Gasteiger partial charge in [-0.2, -0.15) is 0 Å². The Bertz CT molecular complexity index is 485. The number of likely N-dealkylation sites (tertiary alicyclic amines) is 1. The lowest BCUT2D eigenvalue weighted by molar-refractivity contribution is 0.0646. The minimum Gasteiger partial charge on any atom is -0.507 e. The van der Waals surface area contributed by atoms with E-state index in [4.69, 9.17) is 0 Å². The highest BCUT2D eigenvalue weighted by Crippen LogP contribution is 2.23. The summed E-state index contributed by atoms with van der Waals surface area (Å²) in [5.74, 6) is 0.164. The number of piperidine rings is 1. The molecule has 2 rings (SSSR count). The number of nitrogens with zero attached hydrogens (tertiary/aromatic N) is 2. The summed E-state index contributed by atoms with van der Waals surface area (Å²) in [5.41, 5.74) is 0.559. The van der Waals surface area contributed by atoms with E-state index >= 15 is 0 Å². The molecule has 1 heterocycles. The normalized spacial score (nSPS) is 17.1. The summed E-state index contributed by atoms with van der Waals surface area (Å²) in [7, 11) is 1.86. The lowest BCUT2D eigenvalue weighted by Gasteiger charge is -2.36. The molecule has 0 atom stereocenters. The van der Waals surface area contributed by atoms with Gasteiger partial charge < -0.3 is 14.9 Å². The molecule has 4 nitrogen and oxygen atoms in total. The molecule has 5 heteroatoms. The predicted molar refractivity (Wildman–Crippen MR) is 88.1 cm³/mol. The summed E-state index contributed by atoms with van der Waals surface area (Å²) in [6.07, 6.45) is 2.04.